The first-order chi connectivity index (χ1) is 15.3. The van der Waals surface area contributed by atoms with Crippen molar-refractivity contribution < 1.29 is 9.13 Å². The summed E-state index contributed by atoms with van der Waals surface area (Å²) in [4.78, 5) is 8.51. The van der Waals surface area contributed by atoms with Crippen molar-refractivity contribution in [3.8, 4) is 17.0 Å². The van der Waals surface area contributed by atoms with Gasteiger partial charge in [-0.05, 0) is 43.7 Å². The van der Waals surface area contributed by atoms with E-state index < -0.39 is 6.10 Å². The summed E-state index contributed by atoms with van der Waals surface area (Å²) < 4.78 is 22.1. The van der Waals surface area contributed by atoms with Crippen molar-refractivity contribution in [3.05, 3.63) is 63.7 Å². The Kier molecular flexibility index (Phi) is 5.88. The Bertz CT molecular complexity index is 1250. The molecule has 0 fully saturated rings. The van der Waals surface area contributed by atoms with Crippen molar-refractivity contribution in [3.63, 3.8) is 0 Å². The van der Waals surface area contributed by atoms with E-state index in [1.165, 1.54) is 12.1 Å². The van der Waals surface area contributed by atoms with Gasteiger partial charge in [-0.2, -0.15) is 5.10 Å². The van der Waals surface area contributed by atoms with Gasteiger partial charge in [0.1, 0.15) is 11.9 Å². The molecule has 0 spiro atoms. The van der Waals surface area contributed by atoms with Gasteiger partial charge in [-0.1, -0.05) is 11.6 Å². The van der Waals surface area contributed by atoms with E-state index in [9.17, 15) is 4.39 Å². The Hall–Kier alpha value is -3.39. The van der Waals surface area contributed by atoms with Crippen LogP contribution >= 0.6 is 11.6 Å². The van der Waals surface area contributed by atoms with Gasteiger partial charge >= 0.3 is 0 Å². The van der Waals surface area contributed by atoms with E-state index in [1.54, 1.807) is 25.5 Å². The van der Waals surface area contributed by atoms with Crippen molar-refractivity contribution in [1.82, 2.24) is 14.8 Å². The minimum absolute atomic E-state index is 0.230. The van der Waals surface area contributed by atoms with Crippen molar-refractivity contribution in [1.29, 1.82) is 0 Å². The Morgan fingerprint density at radius 2 is 2.12 bits per heavy atom. The smallest absolute Gasteiger partial charge is 0.166 e. The number of hydrogen-bond acceptors (Lipinski definition) is 6. The lowest BCUT2D eigenvalue weighted by Crippen LogP contribution is -2.14. The number of nitrogen functional groups attached to an aromatic ring is 1. The van der Waals surface area contributed by atoms with Crippen molar-refractivity contribution >= 4 is 29.3 Å². The lowest BCUT2D eigenvalue weighted by Gasteiger charge is -2.22. The molecule has 7 nitrogen and oxygen atoms in total. The van der Waals surface area contributed by atoms with Gasteiger partial charge in [0.05, 0.1) is 5.69 Å². The third kappa shape index (κ3) is 3.82. The summed E-state index contributed by atoms with van der Waals surface area (Å²) in [5, 5.41) is 4.85. The first-order valence-electron chi connectivity index (χ1n) is 10.2. The molecule has 4 N–H and O–H groups in total. The predicted octanol–water partition coefficient (Wildman–Crippen LogP) is 4.41. The number of allylic oxidation sites excluding steroid dienone is 1. The molecular formula is C23H24ClFN6O. The standard InChI is InChI=1S/C23H24ClFN6O/c1-4-31-21-14-8-19(23(27)29-11-14)32-12(2)17-9-15(25)5-6-16(17)20(26)13(10-28-3)7-18(21)22(24)30-31/h5-6,8-12H,4,7,26H2,1-3H3,(H2,27,29)/t12-/m1/s1. The molecule has 0 saturated heterocycles. The first kappa shape index (κ1) is 21.8. The number of nitrogens with two attached hydrogens (primary N) is 2. The molecule has 166 valence electrons. The van der Waals surface area contributed by atoms with Crippen molar-refractivity contribution in [2.45, 2.75) is 32.9 Å². The molecule has 3 heterocycles. The fourth-order valence-electron chi connectivity index (χ4n) is 3.96. The van der Waals surface area contributed by atoms with Crippen LogP contribution in [0.15, 0.2) is 41.0 Å². The minimum atomic E-state index is -0.544. The number of anilines is 1. The molecule has 0 saturated carbocycles. The van der Waals surface area contributed by atoms with Crippen molar-refractivity contribution in [2.24, 2.45) is 10.7 Å². The molecule has 0 radical (unpaired) electrons. The second kappa shape index (κ2) is 8.63. The lowest BCUT2D eigenvalue weighted by molar-refractivity contribution is 0.227. The SMILES string of the molecule is CCn1nc(Cl)c2c1-c1cnc(N)c(c1)O[C@H](C)c1cc(F)ccc1C(N)=C(C=NC)C2. The number of halogens is 2. The van der Waals surface area contributed by atoms with Crippen LogP contribution in [0.4, 0.5) is 10.2 Å². The summed E-state index contributed by atoms with van der Waals surface area (Å²) in [6.45, 7) is 4.40. The zero-order valence-electron chi connectivity index (χ0n) is 18.1. The van der Waals surface area contributed by atoms with Crippen LogP contribution in [-0.4, -0.2) is 28.0 Å². The predicted molar refractivity (Wildman–Crippen MR) is 125 cm³/mol. The minimum Gasteiger partial charge on any atom is -0.482 e. The highest BCUT2D eigenvalue weighted by molar-refractivity contribution is 6.30. The molecule has 4 rings (SSSR count). The number of nitrogens with zero attached hydrogens (tertiary/aromatic N) is 4. The fourth-order valence-corrected chi connectivity index (χ4v) is 4.20. The fraction of sp³-hybridized carbons (Fsp3) is 0.261. The number of fused-ring (bicyclic) bond motifs is 5. The number of benzene rings is 1. The van der Waals surface area contributed by atoms with E-state index in [-0.39, 0.29) is 11.6 Å². The third-order valence-electron chi connectivity index (χ3n) is 5.50. The third-order valence-corrected chi connectivity index (χ3v) is 5.80. The van der Waals surface area contributed by atoms with E-state index >= 15 is 0 Å². The lowest BCUT2D eigenvalue weighted by atomic mass is 9.94. The zero-order chi connectivity index (χ0) is 23.0. The molecule has 9 heteroatoms. The van der Waals surface area contributed by atoms with Gasteiger partial charge < -0.3 is 16.2 Å². The number of pyridine rings is 1. The van der Waals surface area contributed by atoms with E-state index in [0.717, 1.165) is 22.4 Å². The number of hydrogen-bond donors (Lipinski definition) is 2. The Morgan fingerprint density at radius 1 is 1.34 bits per heavy atom. The maximum atomic E-state index is 14.2. The van der Waals surface area contributed by atoms with Crippen LogP contribution in [0.25, 0.3) is 17.0 Å². The van der Waals surface area contributed by atoms with Gasteiger partial charge in [-0.3, -0.25) is 9.67 Å². The van der Waals surface area contributed by atoms with Crippen LogP contribution < -0.4 is 16.2 Å². The summed E-state index contributed by atoms with van der Waals surface area (Å²) in [5.41, 5.74) is 17.5. The average molecular weight is 455 g/mol. The number of rotatable bonds is 2. The van der Waals surface area contributed by atoms with Crippen LogP contribution in [0.5, 0.6) is 5.75 Å². The summed E-state index contributed by atoms with van der Waals surface area (Å²) in [6.07, 6.45) is 3.19. The molecular weight excluding hydrogens is 431 g/mol. The van der Waals surface area contributed by atoms with E-state index in [4.69, 9.17) is 27.8 Å². The van der Waals surface area contributed by atoms with E-state index in [2.05, 4.69) is 15.1 Å². The largest absolute Gasteiger partial charge is 0.482 e. The summed E-state index contributed by atoms with van der Waals surface area (Å²) in [5.74, 6) is 0.224. The highest BCUT2D eigenvalue weighted by Gasteiger charge is 2.24. The van der Waals surface area contributed by atoms with E-state index in [1.807, 2.05) is 24.6 Å². The van der Waals surface area contributed by atoms with Crippen LogP contribution in [0.2, 0.25) is 5.15 Å². The maximum absolute atomic E-state index is 14.2. The molecule has 1 atom stereocenters. The monoisotopic (exact) mass is 454 g/mol. The Morgan fingerprint density at radius 3 is 2.84 bits per heavy atom. The Balaban J connectivity index is 2.07. The average Bonchev–Trinajstić information content (AvgIpc) is 3.09. The molecule has 1 aliphatic heterocycles. The van der Waals surface area contributed by atoms with Gasteiger partial charge in [0.15, 0.2) is 16.7 Å². The van der Waals surface area contributed by atoms with Crippen molar-refractivity contribution in [2.75, 3.05) is 12.8 Å². The van der Waals surface area contributed by atoms with E-state index in [0.29, 0.717) is 40.7 Å². The molecule has 32 heavy (non-hydrogen) atoms. The second-order valence-electron chi connectivity index (χ2n) is 7.54. The number of aliphatic imine (C=N–C) groups is 1. The van der Waals surface area contributed by atoms with Gasteiger partial charge in [0.25, 0.3) is 0 Å². The molecule has 1 aliphatic rings. The van der Waals surface area contributed by atoms with Crippen LogP contribution in [0.3, 0.4) is 0 Å². The van der Waals surface area contributed by atoms with Crippen LogP contribution in [0.1, 0.15) is 36.6 Å². The van der Waals surface area contributed by atoms with Gasteiger partial charge in [0.2, 0.25) is 0 Å². The summed E-state index contributed by atoms with van der Waals surface area (Å²) >= 11 is 6.57. The second-order valence-corrected chi connectivity index (χ2v) is 7.89. The molecule has 2 aromatic heterocycles. The van der Waals surface area contributed by atoms with Crippen LogP contribution in [-0.2, 0) is 13.0 Å². The summed E-state index contributed by atoms with van der Waals surface area (Å²) in [6, 6.07) is 6.24. The molecule has 2 bridgehead atoms. The topological polar surface area (TPSA) is 104 Å². The maximum Gasteiger partial charge on any atom is 0.166 e. The first-order valence-corrected chi connectivity index (χ1v) is 10.6. The van der Waals surface area contributed by atoms with Gasteiger partial charge in [-0.25, -0.2) is 9.37 Å². The molecule has 0 aliphatic carbocycles. The zero-order valence-corrected chi connectivity index (χ0v) is 18.8. The number of aryl methyl sites for hydroxylation is 1. The summed E-state index contributed by atoms with van der Waals surface area (Å²) in [7, 11) is 1.67. The highest BCUT2D eigenvalue weighted by Crippen LogP contribution is 2.38. The quantitative estimate of drug-likeness (QED) is 0.558. The highest BCUT2D eigenvalue weighted by atomic mass is 35.5. The number of ether oxygens (including phenoxy) is 1. The molecule has 3 aromatic rings. The van der Waals surface area contributed by atoms with Gasteiger partial charge in [0, 0.05) is 60.4 Å². The van der Waals surface area contributed by atoms with Gasteiger partial charge in [-0.15, -0.1) is 0 Å². The Labute approximate surface area is 190 Å². The normalized spacial score (nSPS) is 16.2. The molecule has 0 unspecified atom stereocenters. The number of aromatic nitrogens is 3. The molecule has 0 amide bonds. The van der Waals surface area contributed by atoms with Crippen LogP contribution in [0, 0.1) is 5.82 Å². The molecule has 1 aromatic carbocycles.